The van der Waals surface area contributed by atoms with Crippen LogP contribution in [-0.2, 0) is 12.8 Å². The maximum Gasteiger partial charge on any atom is 0.206 e. The lowest BCUT2D eigenvalue weighted by molar-refractivity contribution is -0.868. The van der Waals surface area contributed by atoms with Crippen LogP contribution in [0.3, 0.4) is 0 Å². The quantitative estimate of drug-likeness (QED) is 0.629. The van der Waals surface area contributed by atoms with Crippen molar-refractivity contribution >= 4 is 5.57 Å². The molecule has 2 aliphatic rings. The molecule has 0 amide bonds. The van der Waals surface area contributed by atoms with E-state index in [0.717, 1.165) is 38.8 Å². The average Bonchev–Trinajstić information content (AvgIpc) is 2.72. The van der Waals surface area contributed by atoms with E-state index in [9.17, 15) is 0 Å². The minimum Gasteiger partial charge on any atom is -0.313 e. The van der Waals surface area contributed by atoms with Gasteiger partial charge in [0.25, 0.3) is 0 Å². The van der Waals surface area contributed by atoms with E-state index in [0.29, 0.717) is 4.48 Å². The maximum absolute atomic E-state index is 6.30. The molecule has 1 aliphatic heterocycles. The van der Waals surface area contributed by atoms with Crippen molar-refractivity contribution in [2.45, 2.75) is 25.7 Å². The van der Waals surface area contributed by atoms with E-state index in [4.69, 9.17) is 7.05 Å². The van der Waals surface area contributed by atoms with Gasteiger partial charge in [0.05, 0.1) is 20.1 Å². The maximum atomic E-state index is 6.30. The number of hydrogen-bond acceptors (Lipinski definition) is 0. The van der Waals surface area contributed by atoms with Crippen LogP contribution in [-0.4, -0.2) is 24.6 Å². The second-order valence-corrected chi connectivity index (χ2v) is 7.22. The second-order valence-electron chi connectivity index (χ2n) is 7.22. The fourth-order valence-corrected chi connectivity index (χ4v) is 4.03. The molecule has 2 aromatic rings. The van der Waals surface area contributed by atoms with E-state index >= 15 is 0 Å². The van der Waals surface area contributed by atoms with Crippen molar-refractivity contribution < 1.29 is 4.48 Å². The van der Waals surface area contributed by atoms with Crippen LogP contribution < -0.4 is 0 Å². The Morgan fingerprint density at radius 2 is 1.22 bits per heavy atom. The molecule has 23 heavy (non-hydrogen) atoms. The molecular weight excluding hydrogens is 278 g/mol. The lowest BCUT2D eigenvalue weighted by Gasteiger charge is -2.34. The van der Waals surface area contributed by atoms with Crippen molar-refractivity contribution in [1.29, 1.82) is 0 Å². The molecule has 0 aromatic heterocycles. The molecule has 1 nitrogen and oxygen atoms in total. The Kier molecular flexibility index (Phi) is 3.61. The van der Waals surface area contributed by atoms with Crippen LogP contribution in [0.5, 0.6) is 0 Å². The summed E-state index contributed by atoms with van der Waals surface area (Å²) in [6.07, 6.45) is 4.47. The first-order chi connectivity index (χ1) is 11.1. The summed E-state index contributed by atoms with van der Waals surface area (Å²) < 4.78 is 0.653. The van der Waals surface area contributed by atoms with Crippen molar-refractivity contribution in [2.24, 2.45) is 0 Å². The molecule has 0 N–H and O–H groups in total. The third-order valence-corrected chi connectivity index (χ3v) is 5.44. The van der Waals surface area contributed by atoms with Crippen molar-refractivity contribution in [3.8, 4) is 0 Å². The Morgan fingerprint density at radius 1 is 0.739 bits per heavy atom. The fourth-order valence-electron chi connectivity index (χ4n) is 4.03. The number of hydrogen-bond donors (Lipinski definition) is 0. The smallest absolute Gasteiger partial charge is 0.206 e. The van der Waals surface area contributed by atoms with Crippen LogP contribution in [0.15, 0.2) is 54.1 Å². The van der Waals surface area contributed by atoms with Gasteiger partial charge in [-0.25, -0.2) is 0 Å². The minimum atomic E-state index is 0.653. The van der Waals surface area contributed by atoms with E-state index in [1.807, 2.05) is 0 Å². The highest BCUT2D eigenvalue weighted by molar-refractivity contribution is 5.86. The number of quaternary nitrogens is 1. The van der Waals surface area contributed by atoms with E-state index in [2.05, 4.69) is 55.6 Å². The van der Waals surface area contributed by atoms with Crippen LogP contribution in [0.2, 0.25) is 0 Å². The van der Waals surface area contributed by atoms with Gasteiger partial charge in [-0.2, -0.15) is 0 Å². The van der Waals surface area contributed by atoms with Crippen molar-refractivity contribution in [1.82, 2.24) is 0 Å². The van der Waals surface area contributed by atoms with Gasteiger partial charge in [0.2, 0.25) is 7.05 Å². The summed E-state index contributed by atoms with van der Waals surface area (Å²) in [5.74, 6) is 0. The number of fused-ring (bicyclic) bond motifs is 2. The highest BCUT2D eigenvalue weighted by Crippen LogP contribution is 2.38. The van der Waals surface area contributed by atoms with Crippen LogP contribution in [0, 0.1) is 7.05 Å². The van der Waals surface area contributed by atoms with Crippen LogP contribution in [0.1, 0.15) is 35.1 Å². The highest BCUT2D eigenvalue weighted by Gasteiger charge is 2.27. The summed E-state index contributed by atoms with van der Waals surface area (Å²) in [5, 5.41) is 0. The average molecular weight is 302 g/mol. The molecule has 1 fully saturated rings. The van der Waals surface area contributed by atoms with Crippen LogP contribution >= 0.6 is 0 Å². The minimum absolute atomic E-state index is 0.653. The number of nitrogens with zero attached hydrogens (tertiary/aromatic N) is 1. The van der Waals surface area contributed by atoms with E-state index in [1.165, 1.54) is 27.8 Å². The molecule has 0 spiro atoms. The summed E-state index contributed by atoms with van der Waals surface area (Å²) in [6.45, 7) is 2.06. The number of aryl methyl sites for hydroxylation is 2. The van der Waals surface area contributed by atoms with Crippen LogP contribution in [0.25, 0.3) is 5.57 Å². The zero-order valence-corrected chi connectivity index (χ0v) is 13.9. The Hall–Kier alpha value is -1.86. The Balaban J connectivity index is 1.91. The molecule has 0 saturated carbocycles. The first-order valence-corrected chi connectivity index (χ1v) is 8.66. The number of likely N-dealkylation sites (tertiary alicyclic amines) is 1. The van der Waals surface area contributed by atoms with Gasteiger partial charge in [0.15, 0.2) is 0 Å². The molecule has 2 radical (unpaired) electrons. The van der Waals surface area contributed by atoms with Gasteiger partial charge >= 0.3 is 0 Å². The SMILES string of the molecule is [CH][N+]1(C)CCC(=C2c3ccccc3CCc3ccccc32)CC1. The number of benzene rings is 2. The molecule has 1 saturated heterocycles. The van der Waals surface area contributed by atoms with E-state index < -0.39 is 0 Å². The van der Waals surface area contributed by atoms with Crippen molar-refractivity contribution in [2.75, 3.05) is 20.1 Å². The third kappa shape index (κ3) is 2.74. The zero-order valence-electron chi connectivity index (χ0n) is 13.9. The van der Waals surface area contributed by atoms with Gasteiger partial charge in [-0.05, 0) is 40.7 Å². The fraction of sp³-hybridized carbons (Fsp3) is 0.318. The monoisotopic (exact) mass is 302 g/mol. The molecule has 0 bridgehead atoms. The molecule has 2 aromatic carbocycles. The summed E-state index contributed by atoms with van der Waals surface area (Å²) in [4.78, 5) is 0. The molecular formula is C22H24N+. The molecule has 4 rings (SSSR count). The molecule has 116 valence electrons. The number of piperidine rings is 1. The first kappa shape index (κ1) is 14.7. The van der Waals surface area contributed by atoms with Gasteiger partial charge < -0.3 is 4.48 Å². The molecule has 1 heteroatoms. The lowest BCUT2D eigenvalue weighted by Crippen LogP contribution is -2.42. The van der Waals surface area contributed by atoms with Crippen molar-refractivity contribution in [3.05, 3.63) is 83.4 Å². The third-order valence-electron chi connectivity index (χ3n) is 5.44. The number of rotatable bonds is 0. The molecule has 0 atom stereocenters. The molecule has 0 unspecified atom stereocenters. The van der Waals surface area contributed by atoms with E-state index in [1.54, 1.807) is 5.57 Å². The van der Waals surface area contributed by atoms with Crippen LogP contribution in [0.4, 0.5) is 0 Å². The van der Waals surface area contributed by atoms with E-state index in [-0.39, 0.29) is 0 Å². The predicted molar refractivity (Wildman–Crippen MR) is 95.8 cm³/mol. The molecule has 1 heterocycles. The van der Waals surface area contributed by atoms with Crippen molar-refractivity contribution in [3.63, 3.8) is 0 Å². The normalized spacial score (nSPS) is 19.7. The Labute approximate surface area is 139 Å². The van der Waals surface area contributed by atoms with Gasteiger partial charge in [-0.3, -0.25) is 0 Å². The topological polar surface area (TPSA) is 0 Å². The largest absolute Gasteiger partial charge is 0.313 e. The van der Waals surface area contributed by atoms with Gasteiger partial charge in [-0.15, -0.1) is 0 Å². The van der Waals surface area contributed by atoms with Gasteiger partial charge in [0.1, 0.15) is 0 Å². The summed E-state index contributed by atoms with van der Waals surface area (Å²) in [7, 11) is 8.44. The Morgan fingerprint density at radius 3 is 1.74 bits per heavy atom. The highest BCUT2D eigenvalue weighted by atomic mass is 15.3. The molecule has 1 aliphatic carbocycles. The Bertz CT molecular complexity index is 706. The summed E-state index contributed by atoms with van der Waals surface area (Å²) >= 11 is 0. The second kappa shape index (κ2) is 5.65. The predicted octanol–water partition coefficient (Wildman–Crippen LogP) is 4.50. The standard InChI is InChI=1S/C22H24N/c1-23(2)15-13-19(14-16-23)22-20-9-5-3-7-17(20)11-12-18-8-4-6-10-21(18)22/h1,3-10H,11-16H2,2H3/q+1. The zero-order chi connectivity index (χ0) is 15.9. The lowest BCUT2D eigenvalue weighted by atomic mass is 9.86. The first-order valence-electron chi connectivity index (χ1n) is 8.66. The van der Waals surface area contributed by atoms with Gasteiger partial charge in [0, 0.05) is 12.8 Å². The van der Waals surface area contributed by atoms with Gasteiger partial charge in [-0.1, -0.05) is 54.1 Å². The summed E-state index contributed by atoms with van der Waals surface area (Å²) in [5.41, 5.74) is 8.95. The summed E-state index contributed by atoms with van der Waals surface area (Å²) in [6, 6.07) is 17.9.